The number of hydrogen-bond acceptors (Lipinski definition) is 12. The third kappa shape index (κ3) is 11.3. The average Bonchev–Trinajstić information content (AvgIpc) is 2.88. The van der Waals surface area contributed by atoms with Crippen LogP contribution >= 0.6 is 21.6 Å². The summed E-state index contributed by atoms with van der Waals surface area (Å²) < 4.78 is 19.6. The highest BCUT2D eigenvalue weighted by molar-refractivity contribution is 8.76. The Labute approximate surface area is 240 Å². The quantitative estimate of drug-likeness (QED) is 0.116. The maximum absolute atomic E-state index is 12.3. The Balaban J connectivity index is 1.44. The first-order valence-corrected chi connectivity index (χ1v) is 15.3. The van der Waals surface area contributed by atoms with E-state index in [1.807, 2.05) is 0 Å². The molecule has 16 heteroatoms. The third-order valence-electron chi connectivity index (χ3n) is 5.85. The largest absolute Gasteiger partial charge is 0.509 e. The summed E-state index contributed by atoms with van der Waals surface area (Å²) >= 11 is 0. The van der Waals surface area contributed by atoms with Crippen LogP contribution in [0.4, 0.5) is 9.59 Å². The Morgan fingerprint density at radius 3 is 1.43 bits per heavy atom. The SMILES string of the molecule is CC1(C)COC(=O)O[C@H]1C(=O)NCCC(=O)NCCSSCCNC(=O)CCNC(=O)[C@@H]1OC(=O)OCC1(C)C. The molecule has 4 N–H and O–H groups in total. The number of nitrogens with one attached hydrogen (secondary N) is 4. The average molecular weight is 607 g/mol. The van der Waals surface area contributed by atoms with Crippen LogP contribution in [-0.4, -0.2) is 99.0 Å². The topological polar surface area (TPSA) is 187 Å². The van der Waals surface area contributed by atoms with E-state index in [4.69, 9.17) is 18.9 Å². The van der Waals surface area contributed by atoms with Crippen LogP contribution in [-0.2, 0) is 38.1 Å². The molecule has 2 heterocycles. The van der Waals surface area contributed by atoms with E-state index in [9.17, 15) is 28.8 Å². The van der Waals surface area contributed by atoms with Crippen molar-refractivity contribution in [3.8, 4) is 0 Å². The summed E-state index contributed by atoms with van der Waals surface area (Å²) in [6.07, 6.45) is -3.55. The van der Waals surface area contributed by atoms with Crippen LogP contribution in [0.3, 0.4) is 0 Å². The van der Waals surface area contributed by atoms with E-state index in [1.165, 1.54) is 0 Å². The smallest absolute Gasteiger partial charge is 0.434 e. The molecule has 40 heavy (non-hydrogen) atoms. The van der Waals surface area contributed by atoms with Gasteiger partial charge in [0, 0.05) is 61.4 Å². The molecule has 0 aromatic carbocycles. The van der Waals surface area contributed by atoms with Gasteiger partial charge in [-0.2, -0.15) is 0 Å². The molecular weight excluding hydrogens is 568 g/mol. The van der Waals surface area contributed by atoms with Crippen LogP contribution in [0.25, 0.3) is 0 Å². The lowest BCUT2D eigenvalue weighted by Crippen LogP contribution is -2.52. The molecule has 2 fully saturated rings. The highest BCUT2D eigenvalue weighted by Crippen LogP contribution is 2.29. The van der Waals surface area contributed by atoms with E-state index in [2.05, 4.69) is 21.3 Å². The van der Waals surface area contributed by atoms with E-state index in [0.29, 0.717) is 24.6 Å². The predicted octanol–water partition coefficient (Wildman–Crippen LogP) is 0.736. The first kappa shape index (κ1) is 33.3. The van der Waals surface area contributed by atoms with Gasteiger partial charge in [-0.25, -0.2) is 9.59 Å². The van der Waals surface area contributed by atoms with Gasteiger partial charge >= 0.3 is 12.3 Å². The van der Waals surface area contributed by atoms with Crippen LogP contribution in [0.5, 0.6) is 0 Å². The molecule has 0 aliphatic carbocycles. The van der Waals surface area contributed by atoms with Crippen LogP contribution in [0.15, 0.2) is 0 Å². The van der Waals surface area contributed by atoms with Gasteiger partial charge < -0.3 is 40.2 Å². The van der Waals surface area contributed by atoms with Gasteiger partial charge in [-0.1, -0.05) is 49.3 Å². The Hall–Kier alpha value is -2.88. The monoisotopic (exact) mass is 606 g/mol. The molecule has 226 valence electrons. The number of carbonyl (C=O) groups excluding carboxylic acids is 6. The number of carbonyl (C=O) groups is 6. The standard InChI is InChI=1S/C24H38N4O10S2/c1-23(2)13-35-21(33)37-17(23)19(31)27-7-5-15(29)25-9-11-39-40-12-10-26-16(30)6-8-28-20(32)18-24(3,4)14-36-22(34)38-18/h17-18H,5-14H2,1-4H3,(H,25,29)(H,26,30)(H,27,31)(H,28,32)/t17-,18-/m0/s1. The minimum Gasteiger partial charge on any atom is -0.434 e. The van der Waals surface area contributed by atoms with Gasteiger partial charge in [0.05, 0.1) is 0 Å². The molecule has 0 bridgehead atoms. The zero-order valence-electron chi connectivity index (χ0n) is 23.1. The van der Waals surface area contributed by atoms with Gasteiger partial charge in [0.25, 0.3) is 11.8 Å². The summed E-state index contributed by atoms with van der Waals surface area (Å²) in [6, 6.07) is 0. The van der Waals surface area contributed by atoms with Crippen LogP contribution < -0.4 is 21.3 Å². The fraction of sp³-hybridized carbons (Fsp3) is 0.750. The van der Waals surface area contributed by atoms with Crippen molar-refractivity contribution < 1.29 is 47.7 Å². The Bertz CT molecular complexity index is 873. The lowest BCUT2D eigenvalue weighted by molar-refractivity contribution is -0.149. The summed E-state index contributed by atoms with van der Waals surface area (Å²) in [7, 11) is 3.09. The highest BCUT2D eigenvalue weighted by Gasteiger charge is 2.44. The molecule has 2 rings (SSSR count). The molecule has 0 aromatic rings. The van der Waals surface area contributed by atoms with Gasteiger partial charge in [-0.05, 0) is 0 Å². The highest BCUT2D eigenvalue weighted by atomic mass is 33.1. The van der Waals surface area contributed by atoms with Gasteiger partial charge in [0.15, 0.2) is 12.2 Å². The minimum atomic E-state index is -0.978. The van der Waals surface area contributed by atoms with E-state index in [-0.39, 0.29) is 51.0 Å². The molecule has 4 amide bonds. The molecule has 0 saturated carbocycles. The summed E-state index contributed by atoms with van der Waals surface area (Å²) in [5.41, 5.74) is -1.34. The zero-order valence-corrected chi connectivity index (χ0v) is 24.8. The van der Waals surface area contributed by atoms with E-state index in [1.54, 1.807) is 49.3 Å². The molecule has 2 aliphatic heterocycles. The molecular formula is C24H38N4O10S2. The third-order valence-corrected chi connectivity index (χ3v) is 8.26. The van der Waals surface area contributed by atoms with Crippen molar-refractivity contribution in [3.63, 3.8) is 0 Å². The summed E-state index contributed by atoms with van der Waals surface area (Å²) in [4.78, 5) is 71.1. The van der Waals surface area contributed by atoms with Gasteiger partial charge in [0.1, 0.15) is 13.2 Å². The van der Waals surface area contributed by atoms with Crippen molar-refractivity contribution in [1.29, 1.82) is 0 Å². The van der Waals surface area contributed by atoms with Crippen molar-refractivity contribution in [2.45, 2.75) is 52.7 Å². The normalized spacial score (nSPS) is 21.0. The molecule has 0 radical (unpaired) electrons. The Morgan fingerprint density at radius 2 is 1.05 bits per heavy atom. The first-order valence-electron chi connectivity index (χ1n) is 12.8. The number of cyclic esters (lactones) is 4. The predicted molar refractivity (Wildman–Crippen MR) is 146 cm³/mol. The van der Waals surface area contributed by atoms with Crippen LogP contribution in [0, 0.1) is 10.8 Å². The van der Waals surface area contributed by atoms with Crippen LogP contribution in [0.2, 0.25) is 0 Å². The van der Waals surface area contributed by atoms with Crippen LogP contribution in [0.1, 0.15) is 40.5 Å². The van der Waals surface area contributed by atoms with Crippen molar-refractivity contribution >= 4 is 57.5 Å². The van der Waals surface area contributed by atoms with Gasteiger partial charge in [0.2, 0.25) is 11.8 Å². The fourth-order valence-corrected chi connectivity index (χ4v) is 5.39. The van der Waals surface area contributed by atoms with Crippen molar-refractivity contribution in [2.24, 2.45) is 10.8 Å². The first-order chi connectivity index (χ1) is 18.8. The molecule has 2 atom stereocenters. The van der Waals surface area contributed by atoms with Crippen molar-refractivity contribution in [2.75, 3.05) is 50.9 Å². The lowest BCUT2D eigenvalue weighted by atomic mass is 9.86. The van der Waals surface area contributed by atoms with E-state index in [0.717, 1.165) is 0 Å². The van der Waals surface area contributed by atoms with E-state index < -0.39 is 47.2 Å². The summed E-state index contributed by atoms with van der Waals surface area (Å²) in [5.74, 6) is -0.0577. The lowest BCUT2D eigenvalue weighted by Gasteiger charge is -2.35. The molecule has 14 nitrogen and oxygen atoms in total. The van der Waals surface area contributed by atoms with E-state index >= 15 is 0 Å². The second-order valence-electron chi connectivity index (χ2n) is 10.5. The maximum Gasteiger partial charge on any atom is 0.509 e. The van der Waals surface area contributed by atoms with Crippen molar-refractivity contribution in [3.05, 3.63) is 0 Å². The molecule has 0 aromatic heterocycles. The molecule has 0 unspecified atom stereocenters. The van der Waals surface area contributed by atoms with Gasteiger partial charge in [-0.15, -0.1) is 0 Å². The summed E-state index contributed by atoms with van der Waals surface area (Å²) in [6.45, 7) is 8.26. The number of ether oxygens (including phenoxy) is 4. The zero-order chi connectivity index (χ0) is 29.8. The summed E-state index contributed by atoms with van der Waals surface area (Å²) in [5, 5.41) is 10.8. The minimum absolute atomic E-state index is 0.0724. The fourth-order valence-electron chi connectivity index (χ4n) is 3.58. The van der Waals surface area contributed by atoms with Gasteiger partial charge in [-0.3, -0.25) is 19.2 Å². The number of rotatable bonds is 15. The second kappa shape index (κ2) is 15.8. The maximum atomic E-state index is 12.3. The number of hydrogen-bond donors (Lipinski definition) is 4. The second-order valence-corrected chi connectivity index (χ2v) is 13.2. The number of amides is 4. The Kier molecular flexibility index (Phi) is 13.2. The van der Waals surface area contributed by atoms with Crippen molar-refractivity contribution in [1.82, 2.24) is 21.3 Å². The molecule has 2 saturated heterocycles. The molecule has 0 spiro atoms. The Morgan fingerprint density at radius 1 is 0.675 bits per heavy atom. The molecule has 2 aliphatic rings.